The Morgan fingerprint density at radius 1 is 1.17 bits per heavy atom. The SMILES string of the molecule is CCOC(=O)c1cnc(N)c2c(COc3cc(C(=O)NCc4ccccc4)ccc3N=O)csc12. The number of amides is 1. The van der Waals surface area contributed by atoms with E-state index in [1.807, 2.05) is 30.3 Å². The number of hydrogen-bond donors (Lipinski definition) is 2. The van der Waals surface area contributed by atoms with Crippen LogP contribution in [-0.2, 0) is 17.9 Å². The van der Waals surface area contributed by atoms with Crippen LogP contribution < -0.4 is 15.8 Å². The van der Waals surface area contributed by atoms with Gasteiger partial charge in [-0.2, -0.15) is 0 Å². The number of anilines is 1. The van der Waals surface area contributed by atoms with Crippen LogP contribution in [0.3, 0.4) is 0 Å². The Morgan fingerprint density at radius 3 is 2.71 bits per heavy atom. The van der Waals surface area contributed by atoms with Gasteiger partial charge in [0.25, 0.3) is 5.91 Å². The number of esters is 1. The predicted molar refractivity (Wildman–Crippen MR) is 134 cm³/mol. The molecule has 4 rings (SSSR count). The number of nitrogens with zero attached hydrogens (tertiary/aromatic N) is 2. The van der Waals surface area contributed by atoms with Gasteiger partial charge in [-0.15, -0.1) is 16.2 Å². The lowest BCUT2D eigenvalue weighted by Gasteiger charge is -2.11. The van der Waals surface area contributed by atoms with Gasteiger partial charge in [0.15, 0.2) is 0 Å². The molecule has 1 amide bonds. The van der Waals surface area contributed by atoms with Gasteiger partial charge in [0, 0.05) is 29.3 Å². The number of ether oxygens (including phenoxy) is 2. The molecule has 0 aliphatic rings. The molecule has 0 bridgehead atoms. The highest BCUT2D eigenvalue weighted by atomic mass is 32.1. The Kier molecular flexibility index (Phi) is 7.32. The van der Waals surface area contributed by atoms with E-state index >= 15 is 0 Å². The van der Waals surface area contributed by atoms with Gasteiger partial charge in [-0.05, 0) is 41.2 Å². The highest BCUT2D eigenvalue weighted by molar-refractivity contribution is 7.17. The molecule has 0 aliphatic carbocycles. The van der Waals surface area contributed by atoms with E-state index in [4.69, 9.17) is 15.2 Å². The van der Waals surface area contributed by atoms with E-state index in [9.17, 15) is 14.5 Å². The number of nitrogens with one attached hydrogen (secondary N) is 1. The molecule has 0 aliphatic heterocycles. The minimum Gasteiger partial charge on any atom is -0.486 e. The molecule has 2 aromatic heterocycles. The van der Waals surface area contributed by atoms with E-state index in [0.717, 1.165) is 5.56 Å². The number of carbonyl (C=O) groups is 2. The summed E-state index contributed by atoms with van der Waals surface area (Å²) < 4.78 is 11.6. The Morgan fingerprint density at radius 2 is 1.97 bits per heavy atom. The highest BCUT2D eigenvalue weighted by Gasteiger charge is 2.19. The smallest absolute Gasteiger partial charge is 0.341 e. The lowest BCUT2D eigenvalue weighted by molar-refractivity contribution is 0.0528. The molecule has 0 radical (unpaired) electrons. The first kappa shape index (κ1) is 23.8. The molecule has 0 saturated heterocycles. The minimum absolute atomic E-state index is 0.0236. The van der Waals surface area contributed by atoms with Gasteiger partial charge in [0.1, 0.15) is 23.9 Å². The molecule has 3 N–H and O–H groups in total. The van der Waals surface area contributed by atoms with Crippen LogP contribution in [-0.4, -0.2) is 23.5 Å². The minimum atomic E-state index is -0.485. The summed E-state index contributed by atoms with van der Waals surface area (Å²) in [7, 11) is 0. The number of aromatic nitrogens is 1. The van der Waals surface area contributed by atoms with Crippen molar-refractivity contribution in [2.75, 3.05) is 12.3 Å². The number of benzene rings is 2. The summed E-state index contributed by atoms with van der Waals surface area (Å²) in [6, 6.07) is 13.9. The third-order valence-corrected chi connectivity index (χ3v) is 6.26. The number of nitroso groups, excluding NO2 is 1. The predicted octanol–water partition coefficient (Wildman–Crippen LogP) is 4.96. The fourth-order valence-corrected chi connectivity index (χ4v) is 4.54. The van der Waals surface area contributed by atoms with Gasteiger partial charge in [0.2, 0.25) is 0 Å². The van der Waals surface area contributed by atoms with Crippen LogP contribution >= 0.6 is 11.3 Å². The topological polar surface area (TPSA) is 133 Å². The number of fused-ring (bicyclic) bond motifs is 1. The second kappa shape index (κ2) is 10.7. The number of hydrogen-bond acceptors (Lipinski definition) is 9. The van der Waals surface area contributed by atoms with Gasteiger partial charge in [-0.1, -0.05) is 30.3 Å². The van der Waals surface area contributed by atoms with Gasteiger partial charge in [0.05, 0.1) is 16.9 Å². The standard InChI is InChI=1S/C25H22N4O5S/c1-2-33-25(31)18-12-27-23(26)21-17(14-35-22(18)21)13-34-20-10-16(8-9-19(20)29-32)24(30)28-11-15-6-4-3-5-7-15/h3-10,12,14H,2,11,13H2,1H3,(H2,26,27)(H,28,30). The summed E-state index contributed by atoms with van der Waals surface area (Å²) in [6.07, 6.45) is 1.39. The summed E-state index contributed by atoms with van der Waals surface area (Å²) in [5.74, 6) is -0.402. The Bertz CT molecular complexity index is 1390. The number of thiophene rings is 1. The van der Waals surface area contributed by atoms with Crippen LogP contribution in [0.5, 0.6) is 5.75 Å². The van der Waals surface area contributed by atoms with Crippen molar-refractivity contribution in [1.29, 1.82) is 0 Å². The zero-order valence-corrected chi connectivity index (χ0v) is 19.6. The second-order valence-corrected chi connectivity index (χ2v) is 8.35. The molecule has 0 fully saturated rings. The van der Waals surface area contributed by atoms with E-state index in [1.165, 1.54) is 35.7 Å². The molecule has 0 spiro atoms. The van der Waals surface area contributed by atoms with Crippen molar-refractivity contribution in [2.24, 2.45) is 5.18 Å². The molecule has 0 saturated carbocycles. The van der Waals surface area contributed by atoms with Crippen LogP contribution in [0.15, 0.2) is 65.3 Å². The number of nitrogens with two attached hydrogens (primary N) is 1. The third kappa shape index (κ3) is 5.28. The van der Waals surface area contributed by atoms with Crippen molar-refractivity contribution in [3.63, 3.8) is 0 Å². The van der Waals surface area contributed by atoms with E-state index in [0.29, 0.717) is 33.3 Å². The van der Waals surface area contributed by atoms with Crippen molar-refractivity contribution in [3.05, 3.63) is 87.3 Å². The van der Waals surface area contributed by atoms with Crippen LogP contribution in [0, 0.1) is 4.91 Å². The normalized spacial score (nSPS) is 10.7. The van der Waals surface area contributed by atoms with Crippen LogP contribution in [0.25, 0.3) is 10.1 Å². The maximum absolute atomic E-state index is 12.6. The zero-order valence-electron chi connectivity index (χ0n) is 18.8. The Labute approximate surface area is 204 Å². The molecule has 9 nitrogen and oxygen atoms in total. The molecule has 10 heteroatoms. The van der Waals surface area contributed by atoms with Crippen molar-refractivity contribution < 1.29 is 19.1 Å². The summed E-state index contributed by atoms with van der Waals surface area (Å²) >= 11 is 1.32. The Balaban J connectivity index is 1.54. The lowest BCUT2D eigenvalue weighted by atomic mass is 10.1. The van der Waals surface area contributed by atoms with Gasteiger partial charge in [-0.3, -0.25) is 4.79 Å². The average Bonchev–Trinajstić information content (AvgIpc) is 3.31. The summed E-state index contributed by atoms with van der Waals surface area (Å²) in [6.45, 7) is 2.35. The maximum atomic E-state index is 12.6. The van der Waals surface area contributed by atoms with Crippen LogP contribution in [0.4, 0.5) is 11.5 Å². The second-order valence-electron chi connectivity index (χ2n) is 7.47. The third-order valence-electron chi connectivity index (χ3n) is 5.20. The molecule has 0 atom stereocenters. The van der Waals surface area contributed by atoms with Crippen molar-refractivity contribution in [3.8, 4) is 5.75 Å². The number of nitrogen functional groups attached to an aromatic ring is 1. The maximum Gasteiger partial charge on any atom is 0.341 e. The lowest BCUT2D eigenvalue weighted by Crippen LogP contribution is -2.22. The highest BCUT2D eigenvalue weighted by Crippen LogP contribution is 2.35. The first-order chi connectivity index (χ1) is 17.0. The van der Waals surface area contributed by atoms with Gasteiger partial charge in [-0.25, -0.2) is 9.78 Å². The molecule has 2 heterocycles. The molecule has 4 aromatic rings. The summed E-state index contributed by atoms with van der Waals surface area (Å²) in [5.41, 5.74) is 8.42. The van der Waals surface area contributed by atoms with E-state index in [1.54, 1.807) is 12.3 Å². The molecule has 0 unspecified atom stereocenters. The van der Waals surface area contributed by atoms with Crippen molar-refractivity contribution in [1.82, 2.24) is 10.3 Å². The molecular formula is C25H22N4O5S. The fourth-order valence-electron chi connectivity index (χ4n) is 3.47. The van der Waals surface area contributed by atoms with E-state index in [2.05, 4.69) is 15.5 Å². The van der Waals surface area contributed by atoms with Crippen molar-refractivity contribution >= 4 is 44.8 Å². The number of pyridine rings is 1. The first-order valence-electron chi connectivity index (χ1n) is 10.8. The summed E-state index contributed by atoms with van der Waals surface area (Å²) in [4.78, 5) is 40.3. The Hall–Kier alpha value is -4.31. The van der Waals surface area contributed by atoms with Crippen LogP contribution in [0.2, 0.25) is 0 Å². The number of rotatable bonds is 9. The average molecular weight is 491 g/mol. The van der Waals surface area contributed by atoms with Gasteiger partial charge < -0.3 is 20.5 Å². The molecule has 35 heavy (non-hydrogen) atoms. The zero-order chi connectivity index (χ0) is 24.8. The first-order valence-corrected chi connectivity index (χ1v) is 11.6. The monoisotopic (exact) mass is 490 g/mol. The quantitative estimate of drug-likeness (QED) is 0.250. The molecule has 178 valence electrons. The molecule has 2 aromatic carbocycles. The molecular weight excluding hydrogens is 468 g/mol. The fraction of sp³-hybridized carbons (Fsp3) is 0.160. The largest absolute Gasteiger partial charge is 0.486 e. The van der Waals surface area contributed by atoms with Crippen molar-refractivity contribution in [2.45, 2.75) is 20.1 Å². The van der Waals surface area contributed by atoms with Crippen LogP contribution in [0.1, 0.15) is 38.8 Å². The number of carbonyl (C=O) groups excluding carboxylic acids is 2. The van der Waals surface area contributed by atoms with E-state index in [-0.39, 0.29) is 36.4 Å². The van der Waals surface area contributed by atoms with Gasteiger partial charge >= 0.3 is 5.97 Å². The van der Waals surface area contributed by atoms with E-state index < -0.39 is 5.97 Å². The summed E-state index contributed by atoms with van der Waals surface area (Å²) in [5, 5.41) is 8.22.